The minimum atomic E-state index is -1.68. The quantitative estimate of drug-likeness (QED) is 0.328. The lowest BCUT2D eigenvalue weighted by atomic mass is 10.1. The Kier molecular flexibility index (Phi) is 4.70. The number of benzene rings is 1. The van der Waals surface area contributed by atoms with Gasteiger partial charge in [0.05, 0.1) is 24.2 Å². The van der Waals surface area contributed by atoms with Gasteiger partial charge in [0.15, 0.2) is 11.5 Å². The lowest BCUT2D eigenvalue weighted by molar-refractivity contribution is -0.0802. The highest BCUT2D eigenvalue weighted by Gasteiger charge is 2.27. The van der Waals surface area contributed by atoms with Crippen molar-refractivity contribution in [2.75, 3.05) is 6.61 Å². The molecule has 2 heterocycles. The number of aromatic nitrogens is 4. The fraction of sp³-hybridized carbons (Fsp3) is 0.412. The third-order valence-electron chi connectivity index (χ3n) is 4.41. The van der Waals surface area contributed by atoms with Gasteiger partial charge in [-0.3, -0.25) is 9.78 Å². The lowest BCUT2D eigenvalue weighted by Gasteiger charge is -2.25. The Bertz CT molecular complexity index is 1100. The van der Waals surface area contributed by atoms with Crippen molar-refractivity contribution in [1.29, 1.82) is 0 Å². The van der Waals surface area contributed by atoms with Gasteiger partial charge in [0.25, 0.3) is 5.56 Å². The summed E-state index contributed by atoms with van der Waals surface area (Å²) in [6.45, 7) is 0.665. The molecule has 10 nitrogen and oxygen atoms in total. The molecule has 0 spiro atoms. The number of aryl methyl sites for hydroxylation is 2. The number of nitrogens with zero attached hydrogens (tertiary/aromatic N) is 3. The molecule has 144 valence electrons. The SMILES string of the molecule is [2H]Cc1cc2c(cc1C)nc1c(=O)[nH]c(=O)nc-1n2C[C@@H](O)[C@@H](O)[C@@H](O)CO. The summed E-state index contributed by atoms with van der Waals surface area (Å²) >= 11 is 0. The van der Waals surface area contributed by atoms with Crippen molar-refractivity contribution in [1.82, 2.24) is 19.5 Å². The highest BCUT2D eigenvalue weighted by Crippen LogP contribution is 2.24. The van der Waals surface area contributed by atoms with E-state index in [0.29, 0.717) is 16.6 Å². The van der Waals surface area contributed by atoms with Gasteiger partial charge in [-0.15, -0.1) is 0 Å². The average molecular weight is 377 g/mol. The second-order valence-corrected chi connectivity index (χ2v) is 6.34. The summed E-state index contributed by atoms with van der Waals surface area (Å²) in [7, 11) is 0. The van der Waals surface area contributed by atoms with Gasteiger partial charge in [0.2, 0.25) is 0 Å². The van der Waals surface area contributed by atoms with Crippen molar-refractivity contribution < 1.29 is 21.8 Å². The summed E-state index contributed by atoms with van der Waals surface area (Å²) in [4.78, 5) is 34.0. The van der Waals surface area contributed by atoms with Crippen LogP contribution < -0.4 is 11.2 Å². The van der Waals surface area contributed by atoms with Crippen LogP contribution in [0.2, 0.25) is 0 Å². The number of H-pyrrole nitrogens is 1. The minimum Gasteiger partial charge on any atom is -0.394 e. The Hall–Kier alpha value is -2.66. The van der Waals surface area contributed by atoms with Crippen LogP contribution in [0.25, 0.3) is 22.6 Å². The standard InChI is InChI=1S/C17H20N4O6/c1-7-3-9-10(4-8(7)2)21(5-11(23)14(25)12(24)6-22)15-13(18-9)16(26)20-17(27)19-15/h3-4,11-12,14,22-25H,5-6H2,1-2H3,(H,20,26,27)/t11-,12+,14-/m1/s1/i2D. The fourth-order valence-corrected chi connectivity index (χ4v) is 2.83. The minimum absolute atomic E-state index is 0.0240. The third-order valence-corrected chi connectivity index (χ3v) is 4.41. The molecule has 27 heavy (non-hydrogen) atoms. The van der Waals surface area contributed by atoms with Crippen LogP contribution in [0.4, 0.5) is 0 Å². The van der Waals surface area contributed by atoms with Crippen LogP contribution in [0.15, 0.2) is 21.7 Å². The van der Waals surface area contributed by atoms with Gasteiger partial charge in [-0.05, 0) is 37.1 Å². The highest BCUT2D eigenvalue weighted by molar-refractivity contribution is 5.81. The van der Waals surface area contributed by atoms with Crippen molar-refractivity contribution in [3.63, 3.8) is 0 Å². The van der Waals surface area contributed by atoms with Gasteiger partial charge in [0.1, 0.15) is 18.3 Å². The number of fused-ring (bicyclic) bond motifs is 2. The zero-order valence-electron chi connectivity index (χ0n) is 15.5. The first kappa shape index (κ1) is 17.7. The van der Waals surface area contributed by atoms with E-state index in [1.54, 1.807) is 19.1 Å². The molecule has 0 aliphatic carbocycles. The van der Waals surface area contributed by atoms with E-state index in [4.69, 9.17) is 6.48 Å². The van der Waals surface area contributed by atoms with E-state index in [1.807, 2.05) is 4.98 Å². The first-order valence-electron chi connectivity index (χ1n) is 8.86. The van der Waals surface area contributed by atoms with Gasteiger partial charge in [-0.25, -0.2) is 9.78 Å². The van der Waals surface area contributed by atoms with Gasteiger partial charge in [-0.1, -0.05) is 0 Å². The van der Waals surface area contributed by atoms with Crippen molar-refractivity contribution in [3.05, 3.63) is 44.1 Å². The predicted molar refractivity (Wildman–Crippen MR) is 95.6 cm³/mol. The molecule has 0 radical (unpaired) electrons. The number of rotatable bonds is 5. The van der Waals surface area contributed by atoms with E-state index in [2.05, 4.69) is 9.97 Å². The molecule has 0 unspecified atom stereocenters. The molecule has 2 aliphatic rings. The molecule has 0 amide bonds. The summed E-state index contributed by atoms with van der Waals surface area (Å²) in [5.41, 5.74) is 0.431. The molecule has 1 aromatic carbocycles. The maximum absolute atomic E-state index is 12.2. The monoisotopic (exact) mass is 377 g/mol. The Labute approximate surface area is 154 Å². The second-order valence-electron chi connectivity index (χ2n) is 6.34. The maximum Gasteiger partial charge on any atom is 0.349 e. The van der Waals surface area contributed by atoms with Crippen LogP contribution in [0.5, 0.6) is 0 Å². The molecule has 0 aromatic heterocycles. The van der Waals surface area contributed by atoms with E-state index in [-0.39, 0.29) is 25.0 Å². The first-order chi connectivity index (χ1) is 13.3. The first-order valence-corrected chi connectivity index (χ1v) is 8.15. The Morgan fingerprint density at radius 3 is 2.59 bits per heavy atom. The van der Waals surface area contributed by atoms with Gasteiger partial charge in [0, 0.05) is 1.37 Å². The average Bonchev–Trinajstić information content (AvgIpc) is 2.66. The molecule has 1 aromatic rings. The molecule has 10 heteroatoms. The third kappa shape index (κ3) is 3.47. The predicted octanol–water partition coefficient (Wildman–Crippen LogP) is -1.72. The van der Waals surface area contributed by atoms with Crippen LogP contribution in [0.1, 0.15) is 12.5 Å². The molecule has 2 aliphatic heterocycles. The van der Waals surface area contributed by atoms with Gasteiger partial charge in [-0.2, -0.15) is 4.98 Å². The molecular weight excluding hydrogens is 356 g/mol. The topological polar surface area (TPSA) is 162 Å². The van der Waals surface area contributed by atoms with Crippen LogP contribution in [0.3, 0.4) is 0 Å². The van der Waals surface area contributed by atoms with E-state index < -0.39 is 36.2 Å². The summed E-state index contributed by atoms with van der Waals surface area (Å²) in [6.07, 6.45) is -4.80. The summed E-state index contributed by atoms with van der Waals surface area (Å²) < 4.78 is 8.99. The van der Waals surface area contributed by atoms with Crippen molar-refractivity contribution >= 4 is 11.0 Å². The second kappa shape index (κ2) is 7.16. The van der Waals surface area contributed by atoms with Gasteiger partial charge >= 0.3 is 5.69 Å². The van der Waals surface area contributed by atoms with E-state index in [9.17, 15) is 24.9 Å². The zero-order valence-corrected chi connectivity index (χ0v) is 14.5. The van der Waals surface area contributed by atoms with Crippen molar-refractivity contribution in [2.24, 2.45) is 0 Å². The molecule has 0 fully saturated rings. The van der Waals surface area contributed by atoms with Crippen LogP contribution in [-0.2, 0) is 6.54 Å². The number of nitrogens with one attached hydrogen (secondary N) is 1. The number of hydrogen-bond acceptors (Lipinski definition) is 8. The van der Waals surface area contributed by atoms with E-state index >= 15 is 0 Å². The zero-order chi connectivity index (χ0) is 20.6. The highest BCUT2D eigenvalue weighted by atomic mass is 16.4. The lowest BCUT2D eigenvalue weighted by Crippen LogP contribution is -2.42. The summed E-state index contributed by atoms with van der Waals surface area (Å²) in [5.74, 6) is -0.106. The van der Waals surface area contributed by atoms with Gasteiger partial charge < -0.3 is 25.0 Å². The van der Waals surface area contributed by atoms with Crippen LogP contribution >= 0.6 is 0 Å². The molecule has 0 bridgehead atoms. The molecule has 3 atom stereocenters. The van der Waals surface area contributed by atoms with Crippen molar-refractivity contribution in [2.45, 2.75) is 38.7 Å². The number of aromatic amines is 1. The Balaban J connectivity index is 2.29. The normalized spacial score (nSPS) is 15.7. The fourth-order valence-electron chi connectivity index (χ4n) is 2.83. The largest absolute Gasteiger partial charge is 0.394 e. The summed E-state index contributed by atoms with van der Waals surface area (Å²) in [5, 5.41) is 38.9. The van der Waals surface area contributed by atoms with Crippen LogP contribution in [-0.4, -0.2) is 64.9 Å². The molecule has 0 saturated carbocycles. The Morgan fingerprint density at radius 1 is 1.19 bits per heavy atom. The molecule has 3 rings (SSSR count). The molecule has 0 saturated heterocycles. The smallest absolute Gasteiger partial charge is 0.349 e. The Morgan fingerprint density at radius 2 is 1.93 bits per heavy atom. The molecular formula is C17H20N4O6. The number of hydrogen-bond donors (Lipinski definition) is 5. The number of aliphatic hydroxyl groups is 4. The summed E-state index contributed by atoms with van der Waals surface area (Å²) in [6, 6.07) is 3.31. The van der Waals surface area contributed by atoms with Crippen molar-refractivity contribution in [3.8, 4) is 11.5 Å². The van der Waals surface area contributed by atoms with E-state index in [0.717, 1.165) is 5.56 Å². The number of aliphatic hydroxyl groups excluding tert-OH is 4. The molecule has 5 N–H and O–H groups in total. The van der Waals surface area contributed by atoms with E-state index in [1.165, 1.54) is 4.57 Å². The maximum atomic E-state index is 12.2. The van der Waals surface area contributed by atoms with Crippen LogP contribution in [0, 0.1) is 13.8 Å².